The minimum absolute atomic E-state index is 0.0155. The van der Waals surface area contributed by atoms with E-state index in [2.05, 4.69) is 0 Å². The lowest BCUT2D eigenvalue weighted by atomic mass is 9.92. The highest BCUT2D eigenvalue weighted by Crippen LogP contribution is 2.32. The summed E-state index contributed by atoms with van der Waals surface area (Å²) >= 11 is 0. The zero-order valence-corrected chi connectivity index (χ0v) is 13.5. The number of hydrogen-bond acceptors (Lipinski definition) is 3. The van der Waals surface area contributed by atoms with E-state index in [1.54, 1.807) is 36.4 Å². The molecule has 3 rings (SSSR count). The first kappa shape index (κ1) is 17.0. The number of phenols is 1. The summed E-state index contributed by atoms with van der Waals surface area (Å²) in [4.78, 5) is 24.6. The Balaban J connectivity index is 1.96. The molecule has 0 bridgehead atoms. The molecular formula is C19H18FNO4. The van der Waals surface area contributed by atoms with Gasteiger partial charge in [0.05, 0.1) is 6.04 Å². The van der Waals surface area contributed by atoms with Gasteiger partial charge in [0.15, 0.2) is 5.78 Å². The van der Waals surface area contributed by atoms with Crippen LogP contribution in [0.4, 0.5) is 9.18 Å². The topological polar surface area (TPSA) is 77.8 Å². The number of piperidine rings is 1. The predicted molar refractivity (Wildman–Crippen MR) is 90.0 cm³/mol. The number of hydrogen-bond donors (Lipinski definition) is 2. The fraction of sp³-hybridized carbons (Fsp3) is 0.263. The van der Waals surface area contributed by atoms with Crippen LogP contribution in [0.1, 0.15) is 18.4 Å². The fourth-order valence-corrected chi connectivity index (χ4v) is 3.23. The summed E-state index contributed by atoms with van der Waals surface area (Å²) in [6.07, 6.45) is -0.398. The second-order valence-electron chi connectivity index (χ2n) is 6.06. The van der Waals surface area contributed by atoms with Gasteiger partial charge in [-0.2, -0.15) is 0 Å². The van der Waals surface area contributed by atoms with E-state index in [-0.39, 0.29) is 35.6 Å². The summed E-state index contributed by atoms with van der Waals surface area (Å²) in [7, 11) is 0. The maximum absolute atomic E-state index is 15.0. The van der Waals surface area contributed by atoms with Crippen LogP contribution < -0.4 is 0 Å². The van der Waals surface area contributed by atoms with Gasteiger partial charge >= 0.3 is 6.09 Å². The fourth-order valence-electron chi connectivity index (χ4n) is 3.23. The van der Waals surface area contributed by atoms with Crippen LogP contribution in [0.2, 0.25) is 0 Å². The standard InChI is InChI=1S/C19H18FNO4/c20-18-12(11-15-17(23)9-4-10-21(15)19(24)25)5-3-7-14(18)13-6-1-2-8-16(13)22/h1-3,5-8,15,22H,4,9-11H2,(H,24,25). The van der Waals surface area contributed by atoms with Crippen molar-refractivity contribution in [1.29, 1.82) is 0 Å². The smallest absolute Gasteiger partial charge is 0.407 e. The number of ketones is 1. The lowest BCUT2D eigenvalue weighted by molar-refractivity contribution is -0.126. The van der Waals surface area contributed by atoms with Crippen molar-refractivity contribution in [2.75, 3.05) is 6.54 Å². The summed E-state index contributed by atoms with van der Waals surface area (Å²) in [5.74, 6) is -0.784. The molecule has 6 heteroatoms. The first-order valence-corrected chi connectivity index (χ1v) is 8.07. The number of likely N-dealkylation sites (tertiary alicyclic amines) is 1. The Bertz CT molecular complexity index is 821. The first-order chi connectivity index (χ1) is 12.0. The number of benzene rings is 2. The quantitative estimate of drug-likeness (QED) is 0.895. The van der Waals surface area contributed by atoms with Crippen LogP contribution in [-0.4, -0.2) is 39.6 Å². The van der Waals surface area contributed by atoms with Crippen molar-refractivity contribution >= 4 is 11.9 Å². The molecule has 0 aliphatic carbocycles. The molecule has 5 nitrogen and oxygen atoms in total. The summed E-state index contributed by atoms with van der Waals surface area (Å²) in [6, 6.07) is 10.3. The van der Waals surface area contributed by atoms with Gasteiger partial charge in [-0.3, -0.25) is 9.69 Å². The second-order valence-corrected chi connectivity index (χ2v) is 6.06. The van der Waals surface area contributed by atoms with Crippen LogP contribution in [0.25, 0.3) is 11.1 Å². The van der Waals surface area contributed by atoms with E-state index >= 15 is 0 Å². The van der Waals surface area contributed by atoms with Crippen molar-refractivity contribution in [1.82, 2.24) is 4.90 Å². The van der Waals surface area contributed by atoms with E-state index in [0.717, 1.165) is 4.90 Å². The monoisotopic (exact) mass is 343 g/mol. The Morgan fingerprint density at radius 3 is 2.60 bits per heavy atom. The maximum atomic E-state index is 15.0. The number of aromatic hydroxyl groups is 1. The first-order valence-electron chi connectivity index (χ1n) is 8.07. The van der Waals surface area contributed by atoms with Crippen LogP contribution in [-0.2, 0) is 11.2 Å². The predicted octanol–water partition coefficient (Wildman–Crippen LogP) is 3.45. The van der Waals surface area contributed by atoms with Gasteiger partial charge in [0.25, 0.3) is 0 Å². The number of phenolic OH excluding ortho intramolecular Hbond substituents is 1. The van der Waals surface area contributed by atoms with Gasteiger partial charge in [0.1, 0.15) is 11.6 Å². The number of para-hydroxylation sites is 1. The number of Topliss-reactive ketones (excluding diaryl/α,β-unsaturated/α-hetero) is 1. The molecule has 2 N–H and O–H groups in total. The van der Waals surface area contributed by atoms with Crippen LogP contribution in [0.15, 0.2) is 42.5 Å². The third-order valence-electron chi connectivity index (χ3n) is 4.50. The molecule has 0 spiro atoms. The van der Waals surface area contributed by atoms with Crippen LogP contribution in [0.5, 0.6) is 5.75 Å². The lowest BCUT2D eigenvalue weighted by Gasteiger charge is -2.32. The average Bonchev–Trinajstić information content (AvgIpc) is 2.59. The number of nitrogens with zero attached hydrogens (tertiary/aromatic N) is 1. The van der Waals surface area contributed by atoms with E-state index in [1.807, 2.05) is 0 Å². The Hall–Kier alpha value is -2.89. The van der Waals surface area contributed by atoms with Gasteiger partial charge in [-0.05, 0) is 18.1 Å². The molecule has 1 heterocycles. The molecule has 1 saturated heterocycles. The molecule has 25 heavy (non-hydrogen) atoms. The largest absolute Gasteiger partial charge is 0.507 e. The highest BCUT2D eigenvalue weighted by molar-refractivity contribution is 5.88. The molecule has 1 atom stereocenters. The van der Waals surface area contributed by atoms with Gasteiger partial charge in [-0.25, -0.2) is 9.18 Å². The van der Waals surface area contributed by atoms with Crippen LogP contribution in [0.3, 0.4) is 0 Å². The van der Waals surface area contributed by atoms with E-state index in [9.17, 15) is 24.2 Å². The van der Waals surface area contributed by atoms with Crippen molar-refractivity contribution in [3.63, 3.8) is 0 Å². The highest BCUT2D eigenvalue weighted by Gasteiger charge is 2.33. The van der Waals surface area contributed by atoms with E-state index in [4.69, 9.17) is 0 Å². The number of rotatable bonds is 3. The van der Waals surface area contributed by atoms with E-state index in [1.165, 1.54) is 6.07 Å². The molecule has 1 fully saturated rings. The normalized spacial score (nSPS) is 17.6. The van der Waals surface area contributed by atoms with Crippen molar-refractivity contribution in [2.24, 2.45) is 0 Å². The molecule has 1 aliphatic rings. The number of carboxylic acid groups (broad SMARTS) is 1. The van der Waals surface area contributed by atoms with Gasteiger partial charge in [0, 0.05) is 30.5 Å². The van der Waals surface area contributed by atoms with Crippen molar-refractivity contribution in [3.8, 4) is 16.9 Å². The molecule has 2 aromatic rings. The van der Waals surface area contributed by atoms with Crippen LogP contribution >= 0.6 is 0 Å². The number of halogens is 1. The highest BCUT2D eigenvalue weighted by atomic mass is 19.1. The molecule has 1 amide bonds. The average molecular weight is 343 g/mol. The van der Waals surface area contributed by atoms with Crippen molar-refractivity contribution < 1.29 is 24.2 Å². The summed E-state index contributed by atoms with van der Waals surface area (Å²) in [6.45, 7) is 0.270. The van der Waals surface area contributed by atoms with Crippen LogP contribution in [0, 0.1) is 5.82 Å². The third-order valence-corrected chi connectivity index (χ3v) is 4.50. The Morgan fingerprint density at radius 2 is 1.88 bits per heavy atom. The molecule has 130 valence electrons. The van der Waals surface area contributed by atoms with Gasteiger partial charge < -0.3 is 10.2 Å². The zero-order chi connectivity index (χ0) is 18.0. The molecule has 0 radical (unpaired) electrons. The maximum Gasteiger partial charge on any atom is 0.407 e. The Morgan fingerprint density at radius 1 is 1.16 bits per heavy atom. The number of carbonyl (C=O) groups excluding carboxylic acids is 1. The molecule has 1 unspecified atom stereocenters. The third kappa shape index (κ3) is 3.33. The second kappa shape index (κ2) is 6.93. The Kier molecular flexibility index (Phi) is 4.70. The van der Waals surface area contributed by atoms with Gasteiger partial charge in [-0.15, -0.1) is 0 Å². The van der Waals surface area contributed by atoms with E-state index in [0.29, 0.717) is 18.4 Å². The van der Waals surface area contributed by atoms with Gasteiger partial charge in [0.2, 0.25) is 0 Å². The Labute approximate surface area is 144 Å². The zero-order valence-electron chi connectivity index (χ0n) is 13.5. The molecule has 1 aliphatic heterocycles. The summed E-state index contributed by atoms with van der Waals surface area (Å²) in [5.41, 5.74) is 0.833. The molecule has 2 aromatic carbocycles. The molecule has 0 saturated carbocycles. The number of carbonyl (C=O) groups is 2. The van der Waals surface area contributed by atoms with Crippen molar-refractivity contribution in [3.05, 3.63) is 53.8 Å². The summed E-state index contributed by atoms with van der Waals surface area (Å²) in [5, 5.41) is 19.2. The SMILES string of the molecule is O=C1CCCN(C(=O)O)C1Cc1cccc(-c2ccccc2O)c1F. The van der Waals surface area contributed by atoms with Crippen molar-refractivity contribution in [2.45, 2.75) is 25.3 Å². The van der Waals surface area contributed by atoms with E-state index < -0.39 is 18.0 Å². The minimum atomic E-state index is -1.17. The summed E-state index contributed by atoms with van der Waals surface area (Å²) < 4.78 is 15.0. The number of amides is 1. The van der Waals surface area contributed by atoms with Gasteiger partial charge in [-0.1, -0.05) is 36.4 Å². The molecular weight excluding hydrogens is 325 g/mol. The lowest BCUT2D eigenvalue weighted by Crippen LogP contribution is -2.49. The molecule has 0 aromatic heterocycles. The minimum Gasteiger partial charge on any atom is -0.507 e.